The highest BCUT2D eigenvalue weighted by Gasteiger charge is 2.39. The molecule has 1 unspecified atom stereocenters. The van der Waals surface area contributed by atoms with Gasteiger partial charge in [0, 0.05) is 25.6 Å². The molecule has 0 saturated carbocycles. The van der Waals surface area contributed by atoms with Crippen LogP contribution in [0.3, 0.4) is 0 Å². The van der Waals surface area contributed by atoms with Gasteiger partial charge in [0.05, 0.1) is 5.69 Å². The molecule has 6 nitrogen and oxygen atoms in total. The van der Waals surface area contributed by atoms with Gasteiger partial charge in [-0.2, -0.15) is 0 Å². The minimum Gasteiger partial charge on any atom is -0.360 e. The number of amides is 2. The van der Waals surface area contributed by atoms with Gasteiger partial charge >= 0.3 is 0 Å². The number of carbonyl (C=O) groups is 2. The Morgan fingerprint density at radius 2 is 1.84 bits per heavy atom. The highest BCUT2D eigenvalue weighted by atomic mass is 16.5. The lowest BCUT2D eigenvalue weighted by molar-refractivity contribution is -0.136. The molecule has 1 atom stereocenters. The molecule has 6 heteroatoms. The van der Waals surface area contributed by atoms with Crippen molar-refractivity contribution in [1.82, 2.24) is 15.0 Å². The first-order valence-corrected chi connectivity index (χ1v) is 9.46. The van der Waals surface area contributed by atoms with Crippen molar-refractivity contribution in [1.29, 1.82) is 0 Å². The van der Waals surface area contributed by atoms with E-state index in [0.717, 1.165) is 38.8 Å². The van der Waals surface area contributed by atoms with Gasteiger partial charge in [-0.3, -0.25) is 9.59 Å². The molecule has 2 aliphatic rings. The second kappa shape index (κ2) is 7.18. The average Bonchev–Trinajstić information content (AvgIpc) is 3.21. The summed E-state index contributed by atoms with van der Waals surface area (Å²) in [6.07, 6.45) is 3.72. The summed E-state index contributed by atoms with van der Waals surface area (Å²) in [6, 6.07) is -0.338. The van der Waals surface area contributed by atoms with E-state index in [1.54, 1.807) is 11.8 Å². The molecule has 1 aromatic rings. The second-order valence-corrected chi connectivity index (χ2v) is 7.83. The van der Waals surface area contributed by atoms with Gasteiger partial charge in [0.25, 0.3) is 5.91 Å². The highest BCUT2D eigenvalue weighted by Crippen LogP contribution is 2.29. The lowest BCUT2D eigenvalue weighted by atomic mass is 9.98. The normalized spacial score (nSPS) is 22.0. The smallest absolute Gasteiger partial charge is 0.260 e. The Kier molecular flexibility index (Phi) is 5.16. The van der Waals surface area contributed by atoms with Crippen molar-refractivity contribution < 1.29 is 14.1 Å². The standard InChI is InChI=1S/C19H29N3O3/c1-12(2)17-16(14(4)20-25-17)19(24)22-9-5-6-15(22)18(23)21-10-7-13(3)8-11-21/h12-13,15H,5-11H2,1-4H3. The number of rotatable bonds is 3. The zero-order valence-electron chi connectivity index (χ0n) is 15.7. The van der Waals surface area contributed by atoms with E-state index in [1.807, 2.05) is 18.7 Å². The minimum atomic E-state index is -0.338. The molecule has 1 aromatic heterocycles. The van der Waals surface area contributed by atoms with Crippen LogP contribution in [0.25, 0.3) is 0 Å². The van der Waals surface area contributed by atoms with Crippen LogP contribution >= 0.6 is 0 Å². The van der Waals surface area contributed by atoms with Crippen LogP contribution in [0.5, 0.6) is 0 Å². The third-order valence-corrected chi connectivity index (χ3v) is 5.52. The molecule has 0 aliphatic carbocycles. The molecule has 138 valence electrons. The van der Waals surface area contributed by atoms with Crippen molar-refractivity contribution in [3.63, 3.8) is 0 Å². The first-order chi connectivity index (χ1) is 11.9. The summed E-state index contributed by atoms with van der Waals surface area (Å²) in [5.74, 6) is 1.38. The van der Waals surface area contributed by atoms with E-state index < -0.39 is 0 Å². The number of hydrogen-bond donors (Lipinski definition) is 0. The van der Waals surface area contributed by atoms with Crippen LogP contribution in [0.2, 0.25) is 0 Å². The minimum absolute atomic E-state index is 0.0838. The Hall–Kier alpha value is -1.85. The predicted octanol–water partition coefficient (Wildman–Crippen LogP) is 2.97. The molecule has 0 radical (unpaired) electrons. The summed E-state index contributed by atoms with van der Waals surface area (Å²) >= 11 is 0. The highest BCUT2D eigenvalue weighted by molar-refractivity contribution is 5.99. The molecule has 2 aliphatic heterocycles. The van der Waals surface area contributed by atoms with Crippen LogP contribution in [-0.2, 0) is 4.79 Å². The SMILES string of the molecule is Cc1noc(C(C)C)c1C(=O)N1CCCC1C(=O)N1CCC(C)CC1. The fraction of sp³-hybridized carbons (Fsp3) is 0.737. The number of aryl methyl sites for hydroxylation is 1. The topological polar surface area (TPSA) is 66.7 Å². The van der Waals surface area contributed by atoms with Gasteiger partial charge in [-0.1, -0.05) is 25.9 Å². The molecule has 0 bridgehead atoms. The maximum Gasteiger partial charge on any atom is 0.260 e. The first-order valence-electron chi connectivity index (χ1n) is 9.46. The van der Waals surface area contributed by atoms with Gasteiger partial charge < -0.3 is 14.3 Å². The first kappa shape index (κ1) is 18.0. The van der Waals surface area contributed by atoms with E-state index in [2.05, 4.69) is 12.1 Å². The molecule has 3 heterocycles. The van der Waals surface area contributed by atoms with Crippen molar-refractivity contribution in [2.24, 2.45) is 5.92 Å². The summed E-state index contributed by atoms with van der Waals surface area (Å²) in [7, 11) is 0. The van der Waals surface area contributed by atoms with Crippen molar-refractivity contribution in [3.05, 3.63) is 17.0 Å². The maximum atomic E-state index is 13.2. The predicted molar refractivity (Wildman–Crippen MR) is 94.4 cm³/mol. The lowest BCUT2D eigenvalue weighted by Gasteiger charge is -2.34. The fourth-order valence-electron chi connectivity index (χ4n) is 3.89. The van der Waals surface area contributed by atoms with Gasteiger partial charge in [0.15, 0.2) is 5.76 Å². The van der Waals surface area contributed by atoms with Crippen LogP contribution in [0.4, 0.5) is 0 Å². The van der Waals surface area contributed by atoms with Gasteiger partial charge in [-0.15, -0.1) is 0 Å². The summed E-state index contributed by atoms with van der Waals surface area (Å²) < 4.78 is 5.37. The van der Waals surface area contributed by atoms with E-state index in [0.29, 0.717) is 29.5 Å². The molecular formula is C19H29N3O3. The van der Waals surface area contributed by atoms with Crippen LogP contribution in [0.15, 0.2) is 4.52 Å². The third-order valence-electron chi connectivity index (χ3n) is 5.52. The molecule has 2 saturated heterocycles. The molecule has 0 aromatic carbocycles. The molecule has 3 rings (SSSR count). The van der Waals surface area contributed by atoms with Crippen molar-refractivity contribution in [2.45, 2.75) is 65.3 Å². The maximum absolute atomic E-state index is 13.2. The Morgan fingerprint density at radius 3 is 2.48 bits per heavy atom. The number of nitrogens with zero attached hydrogens (tertiary/aromatic N) is 3. The van der Waals surface area contributed by atoms with Crippen LogP contribution in [0, 0.1) is 12.8 Å². The Labute approximate surface area is 149 Å². The number of hydrogen-bond acceptors (Lipinski definition) is 4. The van der Waals surface area contributed by atoms with Crippen molar-refractivity contribution >= 4 is 11.8 Å². The molecular weight excluding hydrogens is 318 g/mol. The van der Waals surface area contributed by atoms with E-state index in [9.17, 15) is 9.59 Å². The molecule has 2 amide bonds. The quantitative estimate of drug-likeness (QED) is 0.843. The third kappa shape index (κ3) is 3.44. The number of carbonyl (C=O) groups excluding carboxylic acids is 2. The van der Waals surface area contributed by atoms with E-state index in [1.165, 1.54) is 0 Å². The fourth-order valence-corrected chi connectivity index (χ4v) is 3.89. The van der Waals surface area contributed by atoms with Crippen molar-refractivity contribution in [3.8, 4) is 0 Å². The van der Waals surface area contributed by atoms with Crippen LogP contribution < -0.4 is 0 Å². The van der Waals surface area contributed by atoms with Crippen LogP contribution in [-0.4, -0.2) is 52.4 Å². The van der Waals surface area contributed by atoms with E-state index in [4.69, 9.17) is 4.52 Å². The number of aromatic nitrogens is 1. The molecule has 0 spiro atoms. The monoisotopic (exact) mass is 347 g/mol. The Bertz CT molecular complexity index is 644. The van der Waals surface area contributed by atoms with Gasteiger partial charge in [-0.05, 0) is 38.5 Å². The summed E-state index contributed by atoms with van der Waals surface area (Å²) in [4.78, 5) is 29.8. The summed E-state index contributed by atoms with van der Waals surface area (Å²) in [5.41, 5.74) is 1.15. The number of likely N-dealkylation sites (tertiary alicyclic amines) is 2. The zero-order chi connectivity index (χ0) is 18.1. The zero-order valence-corrected chi connectivity index (χ0v) is 15.7. The molecule has 2 fully saturated rings. The molecule has 25 heavy (non-hydrogen) atoms. The van der Waals surface area contributed by atoms with Crippen LogP contribution in [0.1, 0.15) is 74.2 Å². The van der Waals surface area contributed by atoms with Gasteiger partial charge in [0.2, 0.25) is 5.91 Å². The largest absolute Gasteiger partial charge is 0.360 e. The summed E-state index contributed by atoms with van der Waals surface area (Å²) in [6.45, 7) is 10.2. The Morgan fingerprint density at radius 1 is 1.16 bits per heavy atom. The van der Waals surface area contributed by atoms with Gasteiger partial charge in [0.1, 0.15) is 11.6 Å². The van der Waals surface area contributed by atoms with Gasteiger partial charge in [-0.25, -0.2) is 0 Å². The Balaban J connectivity index is 1.78. The lowest BCUT2D eigenvalue weighted by Crippen LogP contribution is -2.50. The van der Waals surface area contributed by atoms with E-state index >= 15 is 0 Å². The second-order valence-electron chi connectivity index (χ2n) is 7.83. The van der Waals surface area contributed by atoms with E-state index in [-0.39, 0.29) is 23.8 Å². The van der Waals surface area contributed by atoms with Crippen molar-refractivity contribution in [2.75, 3.05) is 19.6 Å². The number of piperidine rings is 1. The average molecular weight is 347 g/mol. The molecule has 0 N–H and O–H groups in total. The summed E-state index contributed by atoms with van der Waals surface area (Å²) in [5, 5.41) is 3.98.